The Morgan fingerprint density at radius 1 is 0.778 bits per heavy atom. The van der Waals surface area contributed by atoms with Gasteiger partial charge in [0.05, 0.1) is 12.2 Å². The van der Waals surface area contributed by atoms with Crippen LogP contribution in [0.2, 0.25) is 0 Å². The van der Waals surface area contributed by atoms with Gasteiger partial charge >= 0.3 is 0 Å². The average Bonchev–Trinajstić information content (AvgIpc) is 2.95. The van der Waals surface area contributed by atoms with Crippen molar-refractivity contribution in [2.24, 2.45) is 5.92 Å². The second-order valence-corrected chi connectivity index (χ2v) is 9.75. The number of hydrogen-bond donors (Lipinski definition) is 0. The third-order valence-corrected chi connectivity index (χ3v) is 7.36. The molecule has 2 aromatic rings. The molecule has 0 saturated carbocycles. The molecule has 3 aliphatic rings. The van der Waals surface area contributed by atoms with Gasteiger partial charge in [-0.15, -0.1) is 0 Å². The molecule has 1 atom stereocenters. The van der Waals surface area contributed by atoms with Crippen molar-refractivity contribution in [1.29, 1.82) is 0 Å². The van der Waals surface area contributed by atoms with Crippen LogP contribution in [0.1, 0.15) is 37.7 Å². The van der Waals surface area contributed by atoms with Crippen LogP contribution in [0.3, 0.4) is 0 Å². The normalized spacial score (nSPS) is 20.7. The van der Waals surface area contributed by atoms with Crippen LogP contribution in [0, 0.1) is 5.92 Å². The van der Waals surface area contributed by atoms with E-state index >= 15 is 0 Å². The van der Waals surface area contributed by atoms with Crippen LogP contribution in [0.25, 0.3) is 6.08 Å². The summed E-state index contributed by atoms with van der Waals surface area (Å²) in [6.07, 6.45) is 7.11. The van der Waals surface area contributed by atoms with Gasteiger partial charge in [-0.25, -0.2) is 0 Å². The number of nitrogens with zero attached hydrogens (tertiary/aromatic N) is 3. The lowest BCUT2D eigenvalue weighted by Gasteiger charge is -2.39. The van der Waals surface area contributed by atoms with Crippen LogP contribution in [-0.2, 0) is 14.4 Å². The zero-order valence-corrected chi connectivity index (χ0v) is 20.6. The summed E-state index contributed by atoms with van der Waals surface area (Å²) in [5.41, 5.74) is 1.70. The summed E-state index contributed by atoms with van der Waals surface area (Å²) in [5.74, 6) is 0.325. The van der Waals surface area contributed by atoms with E-state index in [-0.39, 0.29) is 30.2 Å². The van der Waals surface area contributed by atoms with Gasteiger partial charge < -0.3 is 19.4 Å². The maximum Gasteiger partial charge on any atom is 0.265 e. The Kier molecular flexibility index (Phi) is 7.35. The standard InChI is InChI=1S/C29H33N3O4/c33-27(14-13-22-9-3-1-4-10-22)30-19-15-23(16-20-30)28(34)32-21-26(29(35)31-17-7-2-8-18-31)36-25-12-6-5-11-24(25)32/h1,3-6,9-14,23,26H,2,7-8,15-21H2/b14-13+. The Balaban J connectivity index is 1.23. The van der Waals surface area contributed by atoms with Crippen molar-refractivity contribution in [2.45, 2.75) is 38.2 Å². The summed E-state index contributed by atoms with van der Waals surface area (Å²) in [7, 11) is 0. The lowest BCUT2D eigenvalue weighted by molar-refractivity contribution is -0.140. The Bertz CT molecular complexity index is 1120. The number of benzene rings is 2. The van der Waals surface area contributed by atoms with E-state index in [2.05, 4.69) is 0 Å². The minimum Gasteiger partial charge on any atom is -0.476 e. The number of fused-ring (bicyclic) bond motifs is 1. The molecule has 3 heterocycles. The molecule has 0 spiro atoms. The van der Waals surface area contributed by atoms with Crippen molar-refractivity contribution in [1.82, 2.24) is 9.80 Å². The third kappa shape index (κ3) is 5.30. The number of para-hydroxylation sites is 2. The SMILES string of the molecule is O=C(/C=C/c1ccccc1)N1CCC(C(=O)N2CC(C(=O)N3CCCCC3)Oc3ccccc32)CC1. The maximum absolute atomic E-state index is 13.7. The first-order valence-electron chi connectivity index (χ1n) is 13.0. The van der Waals surface area contributed by atoms with Crippen LogP contribution in [0.4, 0.5) is 5.69 Å². The topological polar surface area (TPSA) is 70.2 Å². The van der Waals surface area contributed by atoms with Gasteiger partial charge in [0.15, 0.2) is 6.10 Å². The van der Waals surface area contributed by atoms with E-state index in [0.29, 0.717) is 31.7 Å². The number of rotatable bonds is 4. The molecule has 3 aliphatic heterocycles. The summed E-state index contributed by atoms with van der Waals surface area (Å²) in [6.45, 7) is 2.80. The van der Waals surface area contributed by atoms with Gasteiger partial charge in [0.25, 0.3) is 5.91 Å². The highest BCUT2D eigenvalue weighted by molar-refractivity contribution is 5.99. The molecule has 2 fully saturated rings. The monoisotopic (exact) mass is 487 g/mol. The molecule has 0 N–H and O–H groups in total. The Morgan fingerprint density at radius 2 is 1.47 bits per heavy atom. The number of carbonyl (C=O) groups is 3. The lowest BCUT2D eigenvalue weighted by atomic mass is 9.94. The molecule has 2 aromatic carbocycles. The first-order valence-corrected chi connectivity index (χ1v) is 13.0. The van der Waals surface area contributed by atoms with E-state index in [4.69, 9.17) is 4.74 Å². The number of likely N-dealkylation sites (tertiary alicyclic amines) is 2. The minimum absolute atomic E-state index is 0.00845. The van der Waals surface area contributed by atoms with Crippen molar-refractivity contribution >= 4 is 29.5 Å². The molecular weight excluding hydrogens is 454 g/mol. The van der Waals surface area contributed by atoms with Crippen LogP contribution in [0.15, 0.2) is 60.7 Å². The number of anilines is 1. The fourth-order valence-electron chi connectivity index (χ4n) is 5.29. The number of amides is 3. The summed E-state index contributed by atoms with van der Waals surface area (Å²) < 4.78 is 6.08. The van der Waals surface area contributed by atoms with E-state index in [1.165, 1.54) is 0 Å². The average molecular weight is 488 g/mol. The van der Waals surface area contributed by atoms with Gasteiger partial charge in [-0.05, 0) is 55.9 Å². The first-order chi connectivity index (χ1) is 17.6. The van der Waals surface area contributed by atoms with E-state index in [0.717, 1.165) is 43.6 Å². The Hall–Kier alpha value is -3.61. The van der Waals surface area contributed by atoms with E-state index < -0.39 is 6.10 Å². The minimum atomic E-state index is -0.688. The second kappa shape index (κ2) is 11.0. The van der Waals surface area contributed by atoms with Crippen molar-refractivity contribution in [3.8, 4) is 5.75 Å². The van der Waals surface area contributed by atoms with Crippen molar-refractivity contribution in [3.05, 3.63) is 66.2 Å². The summed E-state index contributed by atoms with van der Waals surface area (Å²) in [5, 5.41) is 0. The van der Waals surface area contributed by atoms with Gasteiger partial charge in [0.2, 0.25) is 11.8 Å². The summed E-state index contributed by atoms with van der Waals surface area (Å²) in [4.78, 5) is 45.0. The molecule has 7 nitrogen and oxygen atoms in total. The number of carbonyl (C=O) groups excluding carboxylic acids is 3. The van der Waals surface area contributed by atoms with Crippen molar-refractivity contribution in [2.75, 3.05) is 37.6 Å². The van der Waals surface area contributed by atoms with Crippen LogP contribution < -0.4 is 9.64 Å². The lowest BCUT2D eigenvalue weighted by Crippen LogP contribution is -2.54. The Labute approximate surface area is 212 Å². The molecule has 3 amide bonds. The van der Waals surface area contributed by atoms with Gasteiger partial charge in [-0.1, -0.05) is 42.5 Å². The number of hydrogen-bond acceptors (Lipinski definition) is 4. The fraction of sp³-hybridized carbons (Fsp3) is 0.414. The Morgan fingerprint density at radius 3 is 2.22 bits per heavy atom. The third-order valence-electron chi connectivity index (χ3n) is 7.36. The first kappa shape index (κ1) is 24.1. The predicted molar refractivity (Wildman–Crippen MR) is 138 cm³/mol. The molecule has 1 unspecified atom stereocenters. The number of piperidine rings is 2. The molecule has 2 saturated heterocycles. The molecule has 188 valence electrons. The van der Waals surface area contributed by atoms with Crippen LogP contribution in [-0.4, -0.2) is 66.3 Å². The quantitative estimate of drug-likeness (QED) is 0.616. The van der Waals surface area contributed by atoms with Gasteiger partial charge in [0, 0.05) is 38.2 Å². The smallest absolute Gasteiger partial charge is 0.265 e. The van der Waals surface area contributed by atoms with Gasteiger partial charge in [-0.3, -0.25) is 14.4 Å². The molecule has 0 aromatic heterocycles. The summed E-state index contributed by atoms with van der Waals surface area (Å²) >= 11 is 0. The van der Waals surface area contributed by atoms with Crippen molar-refractivity contribution < 1.29 is 19.1 Å². The largest absolute Gasteiger partial charge is 0.476 e. The molecule has 7 heteroatoms. The van der Waals surface area contributed by atoms with Gasteiger partial charge in [0.1, 0.15) is 5.75 Å². The molecule has 5 rings (SSSR count). The molecule has 36 heavy (non-hydrogen) atoms. The number of ether oxygens (including phenoxy) is 1. The maximum atomic E-state index is 13.7. The highest BCUT2D eigenvalue weighted by atomic mass is 16.5. The van der Waals surface area contributed by atoms with Gasteiger partial charge in [-0.2, -0.15) is 0 Å². The highest BCUT2D eigenvalue weighted by Gasteiger charge is 2.39. The van der Waals surface area contributed by atoms with E-state index in [9.17, 15) is 14.4 Å². The molecule has 0 bridgehead atoms. The van der Waals surface area contributed by atoms with E-state index in [1.54, 1.807) is 15.9 Å². The molecule has 0 aliphatic carbocycles. The molecular formula is C29H33N3O4. The molecule has 0 radical (unpaired) electrons. The zero-order valence-electron chi connectivity index (χ0n) is 20.6. The van der Waals surface area contributed by atoms with Crippen LogP contribution in [0.5, 0.6) is 5.75 Å². The fourth-order valence-corrected chi connectivity index (χ4v) is 5.29. The van der Waals surface area contributed by atoms with E-state index in [1.807, 2.05) is 65.6 Å². The van der Waals surface area contributed by atoms with Crippen molar-refractivity contribution in [3.63, 3.8) is 0 Å². The van der Waals surface area contributed by atoms with Crippen LogP contribution >= 0.6 is 0 Å². The zero-order chi connectivity index (χ0) is 24.9. The predicted octanol–water partition coefficient (Wildman–Crippen LogP) is 3.75. The second-order valence-electron chi connectivity index (χ2n) is 9.75. The highest BCUT2D eigenvalue weighted by Crippen LogP contribution is 2.36. The summed E-state index contributed by atoms with van der Waals surface area (Å²) in [6, 6.07) is 17.2.